The molecule has 0 aliphatic heterocycles. The van der Waals surface area contributed by atoms with Crippen molar-refractivity contribution in [2.45, 2.75) is 19.3 Å². The largest absolute Gasteiger partial charge is 1.00 e. The van der Waals surface area contributed by atoms with E-state index in [9.17, 15) is 0 Å². The highest BCUT2D eigenvalue weighted by molar-refractivity contribution is 5.39. The first kappa shape index (κ1) is 17.5. The van der Waals surface area contributed by atoms with Crippen molar-refractivity contribution in [2.24, 2.45) is 0 Å². The van der Waals surface area contributed by atoms with Crippen LogP contribution < -0.4 is 22.5 Å². The Morgan fingerprint density at radius 3 is 2.05 bits per heavy atom. The Morgan fingerprint density at radius 2 is 1.48 bits per heavy atom. The number of nitrogens with one attached hydrogen (secondary N) is 1. The van der Waals surface area contributed by atoms with Crippen molar-refractivity contribution in [2.75, 3.05) is 20.2 Å². The third kappa shape index (κ3) is 4.48. The summed E-state index contributed by atoms with van der Waals surface area (Å²) < 4.78 is 5.66. The molecule has 0 unspecified atom stereocenters. The number of halogens is 1. The van der Waals surface area contributed by atoms with Gasteiger partial charge in [0.2, 0.25) is 0 Å². The second-order valence-corrected chi connectivity index (χ2v) is 5.47. The molecule has 2 aromatic carbocycles. The summed E-state index contributed by atoms with van der Waals surface area (Å²) in [5.41, 5.74) is 2.62. The molecule has 1 N–H and O–H groups in total. The van der Waals surface area contributed by atoms with Gasteiger partial charge in [-0.3, -0.25) is 0 Å². The predicted octanol–water partition coefficient (Wildman–Crippen LogP) is 0.615. The molecule has 0 bridgehead atoms. The predicted molar refractivity (Wildman–Crippen MR) is 84.4 cm³/mol. The standard InChI is InChI=1S/C18H23NO.ClH/c1-18(2,15-7-5-4-6-8-15)16-9-11-17(12-10-16)20-14-13-19-3;/h4-12,19H,13-14H2,1-3H3;1H/p-1. The summed E-state index contributed by atoms with van der Waals surface area (Å²) in [7, 11) is 1.93. The Morgan fingerprint density at radius 1 is 0.905 bits per heavy atom. The van der Waals surface area contributed by atoms with E-state index in [4.69, 9.17) is 4.74 Å². The molecule has 2 aromatic rings. The van der Waals surface area contributed by atoms with E-state index in [1.165, 1.54) is 11.1 Å². The van der Waals surface area contributed by atoms with Gasteiger partial charge in [0.15, 0.2) is 0 Å². The van der Waals surface area contributed by atoms with Gasteiger partial charge in [-0.25, -0.2) is 0 Å². The molecular formula is C18H23ClNO-. The minimum atomic E-state index is 0. The van der Waals surface area contributed by atoms with Gasteiger partial charge < -0.3 is 22.5 Å². The van der Waals surface area contributed by atoms with E-state index < -0.39 is 0 Å². The minimum absolute atomic E-state index is 0. The molecule has 2 nitrogen and oxygen atoms in total. The molecule has 0 amide bonds. The smallest absolute Gasteiger partial charge is 0.119 e. The van der Waals surface area contributed by atoms with Crippen LogP contribution in [0.2, 0.25) is 0 Å². The Bertz CT molecular complexity index is 523. The summed E-state index contributed by atoms with van der Waals surface area (Å²) in [6.07, 6.45) is 0. The average Bonchev–Trinajstić information content (AvgIpc) is 2.49. The van der Waals surface area contributed by atoms with Crippen LogP contribution in [0.5, 0.6) is 5.75 Å². The number of ether oxygens (including phenoxy) is 1. The van der Waals surface area contributed by atoms with Crippen molar-refractivity contribution in [1.82, 2.24) is 5.32 Å². The topological polar surface area (TPSA) is 21.3 Å². The van der Waals surface area contributed by atoms with Gasteiger partial charge in [0.25, 0.3) is 0 Å². The minimum Gasteiger partial charge on any atom is -1.00 e. The molecule has 21 heavy (non-hydrogen) atoms. The Balaban J connectivity index is 0.00000220. The van der Waals surface area contributed by atoms with E-state index in [0.29, 0.717) is 6.61 Å². The molecule has 2 rings (SSSR count). The SMILES string of the molecule is CNCCOc1ccc(C(C)(C)c2ccccc2)cc1.[Cl-]. The Kier molecular flexibility index (Phi) is 6.73. The summed E-state index contributed by atoms with van der Waals surface area (Å²) in [6.45, 7) is 6.05. The molecule has 114 valence electrons. The van der Waals surface area contributed by atoms with Crippen LogP contribution in [0.4, 0.5) is 0 Å². The van der Waals surface area contributed by atoms with E-state index in [1.54, 1.807) is 0 Å². The van der Waals surface area contributed by atoms with Gasteiger partial charge in [-0.15, -0.1) is 0 Å². The number of hydrogen-bond acceptors (Lipinski definition) is 2. The molecule has 0 saturated heterocycles. The van der Waals surface area contributed by atoms with E-state index in [2.05, 4.69) is 73.8 Å². The lowest BCUT2D eigenvalue weighted by Gasteiger charge is -2.26. The van der Waals surface area contributed by atoms with Crippen molar-refractivity contribution in [3.8, 4) is 5.75 Å². The first-order chi connectivity index (χ1) is 9.64. The number of benzene rings is 2. The van der Waals surface area contributed by atoms with Gasteiger partial charge in [-0.1, -0.05) is 56.3 Å². The molecule has 0 heterocycles. The summed E-state index contributed by atoms with van der Waals surface area (Å²) in [5, 5.41) is 3.07. The fourth-order valence-electron chi connectivity index (χ4n) is 2.26. The van der Waals surface area contributed by atoms with E-state index >= 15 is 0 Å². The third-order valence-corrected chi connectivity index (χ3v) is 3.69. The van der Waals surface area contributed by atoms with Crippen LogP contribution in [0.25, 0.3) is 0 Å². The normalized spacial score (nSPS) is 10.8. The number of likely N-dealkylation sites (N-methyl/N-ethyl adjacent to an activating group) is 1. The van der Waals surface area contributed by atoms with Crippen molar-refractivity contribution in [3.63, 3.8) is 0 Å². The number of rotatable bonds is 6. The zero-order valence-electron chi connectivity index (χ0n) is 12.9. The molecule has 0 aliphatic rings. The first-order valence-electron chi connectivity index (χ1n) is 7.08. The van der Waals surface area contributed by atoms with Crippen LogP contribution in [-0.4, -0.2) is 20.2 Å². The quantitative estimate of drug-likeness (QED) is 0.790. The second kappa shape index (κ2) is 8.06. The van der Waals surface area contributed by atoms with Crippen LogP contribution in [0.1, 0.15) is 25.0 Å². The average molecular weight is 305 g/mol. The Hall–Kier alpha value is -1.51. The molecule has 0 saturated carbocycles. The maximum Gasteiger partial charge on any atom is 0.119 e. The van der Waals surface area contributed by atoms with Gasteiger partial charge in [-0.2, -0.15) is 0 Å². The third-order valence-electron chi connectivity index (χ3n) is 3.69. The van der Waals surface area contributed by atoms with Crippen LogP contribution in [0.3, 0.4) is 0 Å². The first-order valence-corrected chi connectivity index (χ1v) is 7.08. The van der Waals surface area contributed by atoms with E-state index in [1.807, 2.05) is 7.05 Å². The molecular weight excluding hydrogens is 282 g/mol. The highest BCUT2D eigenvalue weighted by Gasteiger charge is 2.22. The zero-order valence-corrected chi connectivity index (χ0v) is 13.7. The van der Waals surface area contributed by atoms with Gasteiger partial charge in [0.05, 0.1) is 0 Å². The van der Waals surface area contributed by atoms with Crippen molar-refractivity contribution in [1.29, 1.82) is 0 Å². The highest BCUT2D eigenvalue weighted by atomic mass is 35.5. The van der Waals surface area contributed by atoms with Gasteiger partial charge in [0.1, 0.15) is 12.4 Å². The van der Waals surface area contributed by atoms with Crippen LogP contribution >= 0.6 is 0 Å². The molecule has 0 fully saturated rings. The fourth-order valence-corrected chi connectivity index (χ4v) is 2.26. The molecule has 0 aliphatic carbocycles. The fraction of sp³-hybridized carbons (Fsp3) is 0.333. The van der Waals surface area contributed by atoms with E-state index in [0.717, 1.165) is 12.3 Å². The van der Waals surface area contributed by atoms with Gasteiger partial charge in [-0.05, 0) is 30.3 Å². The van der Waals surface area contributed by atoms with Gasteiger partial charge >= 0.3 is 0 Å². The molecule has 0 atom stereocenters. The van der Waals surface area contributed by atoms with Gasteiger partial charge in [0, 0.05) is 12.0 Å². The van der Waals surface area contributed by atoms with E-state index in [-0.39, 0.29) is 17.8 Å². The summed E-state index contributed by atoms with van der Waals surface area (Å²) in [5.74, 6) is 0.924. The maximum atomic E-state index is 5.66. The monoisotopic (exact) mass is 304 g/mol. The second-order valence-electron chi connectivity index (χ2n) is 5.47. The van der Waals surface area contributed by atoms with Crippen molar-refractivity contribution in [3.05, 3.63) is 65.7 Å². The Labute approximate surface area is 133 Å². The summed E-state index contributed by atoms with van der Waals surface area (Å²) >= 11 is 0. The number of hydrogen-bond donors (Lipinski definition) is 1. The molecule has 3 heteroatoms. The van der Waals surface area contributed by atoms with Crippen molar-refractivity contribution >= 4 is 0 Å². The molecule has 0 radical (unpaired) electrons. The summed E-state index contributed by atoms with van der Waals surface area (Å²) in [6, 6.07) is 19.0. The summed E-state index contributed by atoms with van der Waals surface area (Å²) in [4.78, 5) is 0. The van der Waals surface area contributed by atoms with Crippen molar-refractivity contribution < 1.29 is 17.1 Å². The van der Waals surface area contributed by atoms with Crippen LogP contribution in [0.15, 0.2) is 54.6 Å². The van der Waals surface area contributed by atoms with Crippen LogP contribution in [0, 0.1) is 0 Å². The molecule has 0 spiro atoms. The maximum absolute atomic E-state index is 5.66. The lowest BCUT2D eigenvalue weighted by Crippen LogP contribution is -3.00. The molecule has 0 aromatic heterocycles. The highest BCUT2D eigenvalue weighted by Crippen LogP contribution is 2.32. The lowest BCUT2D eigenvalue weighted by atomic mass is 9.78. The van der Waals surface area contributed by atoms with Crippen LogP contribution in [-0.2, 0) is 5.41 Å². The lowest BCUT2D eigenvalue weighted by molar-refractivity contribution is -0.00000478. The zero-order chi connectivity index (χ0) is 14.4.